The number of hydrogen-bond donors (Lipinski definition) is 1. The molecular weight excluding hydrogens is 270 g/mol. The minimum Gasteiger partial charge on any atom is -0.379 e. The molecule has 21 heavy (non-hydrogen) atoms. The summed E-state index contributed by atoms with van der Waals surface area (Å²) in [4.78, 5) is 27.7. The van der Waals surface area contributed by atoms with Gasteiger partial charge in [0.1, 0.15) is 0 Å². The second-order valence-corrected chi connectivity index (χ2v) is 5.14. The van der Waals surface area contributed by atoms with Crippen molar-refractivity contribution in [3.8, 4) is 0 Å². The number of carbonyl (C=O) groups is 1. The van der Waals surface area contributed by atoms with E-state index in [1.807, 2.05) is 12.1 Å². The highest BCUT2D eigenvalue weighted by molar-refractivity contribution is 5.93. The number of fused-ring (bicyclic) bond motifs is 1. The first-order chi connectivity index (χ1) is 10.2. The van der Waals surface area contributed by atoms with E-state index in [0.717, 1.165) is 38.4 Å². The van der Waals surface area contributed by atoms with Crippen molar-refractivity contribution in [3.63, 3.8) is 0 Å². The first kappa shape index (κ1) is 14.0. The van der Waals surface area contributed by atoms with Gasteiger partial charge in [0.15, 0.2) is 11.5 Å². The molecule has 0 radical (unpaired) electrons. The van der Waals surface area contributed by atoms with E-state index in [2.05, 4.69) is 19.9 Å². The number of ether oxygens (including phenoxy) is 1. The largest absolute Gasteiger partial charge is 0.379 e. The summed E-state index contributed by atoms with van der Waals surface area (Å²) < 4.78 is 5.31. The van der Waals surface area contributed by atoms with Gasteiger partial charge < -0.3 is 14.6 Å². The second-order valence-electron chi connectivity index (χ2n) is 5.14. The van der Waals surface area contributed by atoms with Crippen molar-refractivity contribution in [3.05, 3.63) is 24.2 Å². The number of aromatic nitrogens is 3. The summed E-state index contributed by atoms with van der Waals surface area (Å²) in [6.07, 6.45) is 1.67. The number of rotatable bonds is 4. The van der Waals surface area contributed by atoms with Crippen molar-refractivity contribution in [2.24, 2.45) is 0 Å². The smallest absolute Gasteiger partial charge is 0.289 e. The molecule has 0 aliphatic carbocycles. The number of nitrogens with one attached hydrogen (secondary N) is 1. The number of aromatic amines is 1. The summed E-state index contributed by atoms with van der Waals surface area (Å²) >= 11 is 0. The predicted octanol–water partition coefficient (Wildman–Crippen LogP) is 0.362. The lowest BCUT2D eigenvalue weighted by Gasteiger charge is -2.28. The van der Waals surface area contributed by atoms with E-state index in [9.17, 15) is 4.79 Å². The van der Waals surface area contributed by atoms with E-state index in [1.54, 1.807) is 18.1 Å². The Bertz CT molecular complexity index is 588. The average molecular weight is 289 g/mol. The summed E-state index contributed by atoms with van der Waals surface area (Å²) in [7, 11) is 1.80. The van der Waals surface area contributed by atoms with Gasteiger partial charge in [0, 0.05) is 39.4 Å². The molecule has 7 nitrogen and oxygen atoms in total. The lowest BCUT2D eigenvalue weighted by Crippen LogP contribution is -2.42. The lowest BCUT2D eigenvalue weighted by molar-refractivity contribution is 0.0337. The van der Waals surface area contributed by atoms with Crippen molar-refractivity contribution >= 4 is 17.1 Å². The number of H-pyrrole nitrogens is 1. The number of likely N-dealkylation sites (N-methyl/N-ethyl adjacent to an activating group) is 1. The predicted molar refractivity (Wildman–Crippen MR) is 78.1 cm³/mol. The number of hydrogen-bond acceptors (Lipinski definition) is 5. The Hall–Kier alpha value is -1.99. The summed E-state index contributed by atoms with van der Waals surface area (Å²) in [5.74, 6) is 0.231. The molecule has 1 fully saturated rings. The lowest BCUT2D eigenvalue weighted by atomic mass is 10.4. The van der Waals surface area contributed by atoms with Crippen LogP contribution in [0.2, 0.25) is 0 Å². The number of amides is 1. The standard InChI is InChI=1S/C14H19N5O2/c1-18(5-6-19-7-9-21-10-8-19)14(20)13-16-11-3-2-4-15-12(11)17-13/h2-4H,5-10H2,1H3,(H,15,16,17). The van der Waals surface area contributed by atoms with Crippen LogP contribution in [-0.2, 0) is 4.74 Å². The van der Waals surface area contributed by atoms with Gasteiger partial charge in [-0.3, -0.25) is 9.69 Å². The summed E-state index contributed by atoms with van der Waals surface area (Å²) in [6, 6.07) is 3.68. The molecule has 1 aliphatic heterocycles. The molecule has 0 spiro atoms. The normalized spacial score (nSPS) is 16.2. The van der Waals surface area contributed by atoms with Crippen LogP contribution in [0.15, 0.2) is 18.3 Å². The zero-order chi connectivity index (χ0) is 14.7. The molecule has 7 heteroatoms. The van der Waals surface area contributed by atoms with Crippen molar-refractivity contribution in [2.45, 2.75) is 0 Å². The van der Waals surface area contributed by atoms with Crippen molar-refractivity contribution in [1.29, 1.82) is 0 Å². The van der Waals surface area contributed by atoms with Gasteiger partial charge in [-0.2, -0.15) is 0 Å². The molecule has 1 saturated heterocycles. The quantitative estimate of drug-likeness (QED) is 0.880. The van der Waals surface area contributed by atoms with E-state index < -0.39 is 0 Å². The maximum atomic E-state index is 12.3. The zero-order valence-corrected chi connectivity index (χ0v) is 12.1. The highest BCUT2D eigenvalue weighted by Crippen LogP contribution is 2.09. The van der Waals surface area contributed by atoms with Gasteiger partial charge in [0.05, 0.1) is 18.7 Å². The Balaban J connectivity index is 1.60. The number of carbonyl (C=O) groups excluding carboxylic acids is 1. The van der Waals surface area contributed by atoms with Crippen LogP contribution in [0.25, 0.3) is 11.2 Å². The molecule has 0 aromatic carbocycles. The van der Waals surface area contributed by atoms with Gasteiger partial charge in [-0.25, -0.2) is 9.97 Å². The first-order valence-electron chi connectivity index (χ1n) is 7.10. The Morgan fingerprint density at radius 1 is 1.48 bits per heavy atom. The molecule has 3 rings (SSSR count). The van der Waals surface area contributed by atoms with Crippen LogP contribution in [0.5, 0.6) is 0 Å². The van der Waals surface area contributed by atoms with Crippen LogP contribution in [0, 0.1) is 0 Å². The van der Waals surface area contributed by atoms with Crippen LogP contribution in [0.1, 0.15) is 10.6 Å². The van der Waals surface area contributed by atoms with Gasteiger partial charge in [-0.15, -0.1) is 0 Å². The molecule has 2 aromatic rings. The molecule has 1 aliphatic rings. The SMILES string of the molecule is CN(CCN1CCOCC1)C(=O)c1nc2ncccc2[nH]1. The van der Waals surface area contributed by atoms with Gasteiger partial charge >= 0.3 is 0 Å². The minimum absolute atomic E-state index is 0.110. The number of imidazole rings is 1. The van der Waals surface area contributed by atoms with E-state index in [-0.39, 0.29) is 5.91 Å². The van der Waals surface area contributed by atoms with Crippen LogP contribution >= 0.6 is 0 Å². The van der Waals surface area contributed by atoms with Crippen LogP contribution < -0.4 is 0 Å². The molecule has 0 unspecified atom stereocenters. The Morgan fingerprint density at radius 3 is 3.05 bits per heavy atom. The number of morpholine rings is 1. The fourth-order valence-electron chi connectivity index (χ4n) is 2.34. The van der Waals surface area contributed by atoms with Crippen molar-refractivity contribution < 1.29 is 9.53 Å². The van der Waals surface area contributed by atoms with Gasteiger partial charge in [0.25, 0.3) is 5.91 Å². The Kier molecular flexibility index (Phi) is 4.12. The molecule has 3 heterocycles. The Morgan fingerprint density at radius 2 is 2.29 bits per heavy atom. The minimum atomic E-state index is -0.110. The number of nitrogens with zero attached hydrogens (tertiary/aromatic N) is 4. The molecule has 112 valence electrons. The van der Waals surface area contributed by atoms with Crippen LogP contribution in [0.3, 0.4) is 0 Å². The molecule has 1 amide bonds. The third kappa shape index (κ3) is 3.20. The maximum absolute atomic E-state index is 12.3. The third-order valence-corrected chi connectivity index (χ3v) is 3.66. The number of pyridine rings is 1. The van der Waals surface area contributed by atoms with Crippen LogP contribution in [0.4, 0.5) is 0 Å². The maximum Gasteiger partial charge on any atom is 0.289 e. The fraction of sp³-hybridized carbons (Fsp3) is 0.500. The van der Waals surface area contributed by atoms with E-state index >= 15 is 0 Å². The molecule has 0 saturated carbocycles. The van der Waals surface area contributed by atoms with Crippen molar-refractivity contribution in [1.82, 2.24) is 24.8 Å². The molecular formula is C14H19N5O2. The first-order valence-corrected chi connectivity index (χ1v) is 7.10. The van der Waals surface area contributed by atoms with E-state index in [4.69, 9.17) is 4.74 Å². The molecule has 2 aromatic heterocycles. The molecule has 1 N–H and O–H groups in total. The Labute approximate surface area is 122 Å². The summed E-state index contributed by atoms with van der Waals surface area (Å²) in [6.45, 7) is 4.92. The average Bonchev–Trinajstić information content (AvgIpc) is 2.97. The molecule has 0 bridgehead atoms. The highest BCUT2D eigenvalue weighted by atomic mass is 16.5. The molecule has 0 atom stereocenters. The van der Waals surface area contributed by atoms with Gasteiger partial charge in [-0.1, -0.05) is 0 Å². The monoisotopic (exact) mass is 289 g/mol. The second kappa shape index (κ2) is 6.19. The third-order valence-electron chi connectivity index (χ3n) is 3.66. The van der Waals surface area contributed by atoms with Crippen LogP contribution in [-0.4, -0.2) is 77.1 Å². The topological polar surface area (TPSA) is 74.3 Å². The zero-order valence-electron chi connectivity index (χ0n) is 12.1. The van der Waals surface area contributed by atoms with E-state index in [0.29, 0.717) is 18.0 Å². The summed E-state index contributed by atoms with van der Waals surface area (Å²) in [5, 5.41) is 0. The van der Waals surface area contributed by atoms with Gasteiger partial charge in [-0.05, 0) is 12.1 Å². The fourth-order valence-corrected chi connectivity index (χ4v) is 2.34. The van der Waals surface area contributed by atoms with Gasteiger partial charge in [0.2, 0.25) is 0 Å². The van der Waals surface area contributed by atoms with Crippen molar-refractivity contribution in [2.75, 3.05) is 46.4 Å². The van der Waals surface area contributed by atoms with E-state index in [1.165, 1.54) is 0 Å². The highest BCUT2D eigenvalue weighted by Gasteiger charge is 2.18. The summed E-state index contributed by atoms with van der Waals surface area (Å²) in [5.41, 5.74) is 1.35.